The van der Waals surface area contributed by atoms with E-state index in [2.05, 4.69) is 4.98 Å². The summed E-state index contributed by atoms with van der Waals surface area (Å²) in [6.45, 7) is 1.59. The van der Waals surface area contributed by atoms with Crippen LogP contribution in [0.3, 0.4) is 0 Å². The third-order valence-electron chi connectivity index (χ3n) is 5.38. The molecule has 2 aromatic carbocycles. The van der Waals surface area contributed by atoms with Gasteiger partial charge in [0.05, 0.1) is 13.2 Å². The molecule has 33 heavy (non-hydrogen) atoms. The number of carbonyl (C=O) groups excluding carboxylic acids is 1. The molecule has 2 heterocycles. The van der Waals surface area contributed by atoms with Gasteiger partial charge in [-0.05, 0) is 55.3 Å². The molecule has 7 heteroatoms. The maximum Gasteiger partial charge on any atom is 0.260 e. The Morgan fingerprint density at radius 3 is 2.61 bits per heavy atom. The Morgan fingerprint density at radius 1 is 0.970 bits per heavy atom. The van der Waals surface area contributed by atoms with Crippen LogP contribution in [0.2, 0.25) is 5.02 Å². The first kappa shape index (κ1) is 22.9. The number of carbonyl (C=O) groups is 1. The van der Waals surface area contributed by atoms with Gasteiger partial charge in [-0.25, -0.2) is 4.98 Å². The van der Waals surface area contributed by atoms with E-state index in [0.717, 1.165) is 31.2 Å². The number of benzene rings is 2. The van der Waals surface area contributed by atoms with Crippen molar-refractivity contribution in [2.24, 2.45) is 0 Å². The maximum absolute atomic E-state index is 13.1. The number of hydrogen-bond donors (Lipinski definition) is 0. The Hall–Kier alpha value is -3.25. The van der Waals surface area contributed by atoms with Gasteiger partial charge in [0.25, 0.3) is 5.91 Å². The van der Waals surface area contributed by atoms with Crippen molar-refractivity contribution in [2.45, 2.75) is 32.2 Å². The molecular weight excluding hydrogens is 440 g/mol. The van der Waals surface area contributed by atoms with Crippen LogP contribution < -0.4 is 14.2 Å². The molecule has 3 aromatic rings. The van der Waals surface area contributed by atoms with Crippen molar-refractivity contribution >= 4 is 17.5 Å². The van der Waals surface area contributed by atoms with Crippen LogP contribution in [-0.2, 0) is 11.3 Å². The number of amides is 1. The number of rotatable bonds is 3. The summed E-state index contributed by atoms with van der Waals surface area (Å²) in [5.41, 5.74) is 0.823. The predicted molar refractivity (Wildman–Crippen MR) is 127 cm³/mol. The van der Waals surface area contributed by atoms with Crippen LogP contribution in [0.25, 0.3) is 0 Å². The van der Waals surface area contributed by atoms with Crippen LogP contribution in [0.15, 0.2) is 66.9 Å². The summed E-state index contributed by atoms with van der Waals surface area (Å²) in [4.78, 5) is 19.3. The lowest BCUT2D eigenvalue weighted by Crippen LogP contribution is -2.35. The van der Waals surface area contributed by atoms with E-state index in [0.29, 0.717) is 47.8 Å². The predicted octanol–water partition coefficient (Wildman–Crippen LogP) is 5.89. The highest BCUT2D eigenvalue weighted by molar-refractivity contribution is 6.30. The summed E-state index contributed by atoms with van der Waals surface area (Å²) in [6, 6.07) is 18.3. The van der Waals surface area contributed by atoms with E-state index >= 15 is 0 Å². The average molecular weight is 467 g/mol. The first-order valence-corrected chi connectivity index (χ1v) is 11.6. The van der Waals surface area contributed by atoms with Gasteiger partial charge in [0.15, 0.2) is 18.1 Å². The SMILES string of the molecule is O=C(COc1ccc(Cl)cc1)N1CCCCCCOc2ccccc2Oc2ncccc2C1. The van der Waals surface area contributed by atoms with Gasteiger partial charge in [-0.2, -0.15) is 0 Å². The monoisotopic (exact) mass is 466 g/mol. The molecular formula is C26H27ClN2O4. The first-order valence-electron chi connectivity index (χ1n) is 11.2. The zero-order valence-electron chi connectivity index (χ0n) is 18.4. The minimum Gasteiger partial charge on any atom is -0.490 e. The Balaban J connectivity index is 1.53. The van der Waals surface area contributed by atoms with Crippen molar-refractivity contribution in [1.29, 1.82) is 0 Å². The van der Waals surface area contributed by atoms with Gasteiger partial charge in [-0.15, -0.1) is 0 Å². The van der Waals surface area contributed by atoms with E-state index in [9.17, 15) is 4.79 Å². The number of halogens is 1. The molecule has 0 radical (unpaired) electrons. The fraction of sp³-hybridized carbons (Fsp3) is 0.308. The van der Waals surface area contributed by atoms with Crippen LogP contribution in [0.4, 0.5) is 0 Å². The summed E-state index contributed by atoms with van der Waals surface area (Å²) < 4.78 is 17.8. The van der Waals surface area contributed by atoms with Crippen LogP contribution in [-0.4, -0.2) is 35.5 Å². The molecule has 0 aliphatic carbocycles. The Morgan fingerprint density at radius 2 is 1.76 bits per heavy atom. The van der Waals surface area contributed by atoms with Gasteiger partial charge >= 0.3 is 0 Å². The van der Waals surface area contributed by atoms with Crippen LogP contribution in [0.5, 0.6) is 23.1 Å². The molecule has 0 spiro atoms. The Kier molecular flexibility index (Phi) is 8.04. The lowest BCUT2D eigenvalue weighted by atomic mass is 10.1. The van der Waals surface area contributed by atoms with Gasteiger partial charge in [-0.1, -0.05) is 42.6 Å². The van der Waals surface area contributed by atoms with Crippen molar-refractivity contribution in [3.05, 3.63) is 77.4 Å². The second-order valence-corrected chi connectivity index (χ2v) is 8.27. The quantitative estimate of drug-likeness (QED) is 0.481. The zero-order valence-corrected chi connectivity index (χ0v) is 19.2. The highest BCUT2D eigenvalue weighted by atomic mass is 35.5. The van der Waals surface area contributed by atoms with Crippen LogP contribution in [0.1, 0.15) is 31.2 Å². The lowest BCUT2D eigenvalue weighted by molar-refractivity contribution is -0.134. The standard InChI is InChI=1S/C26H27ClN2O4/c27-21-11-13-22(14-12-21)32-19-25(30)29-16-5-1-2-6-17-31-23-9-3-4-10-24(23)33-26-20(18-29)8-7-15-28-26/h3-4,7-15H,1-2,5-6,16-19H2. The number of hydrogen-bond acceptors (Lipinski definition) is 5. The Bertz CT molecular complexity index is 1060. The molecule has 0 bridgehead atoms. The molecule has 0 saturated heterocycles. The molecule has 1 aliphatic heterocycles. The molecule has 1 aromatic heterocycles. The second-order valence-electron chi connectivity index (χ2n) is 7.84. The van der Waals surface area contributed by atoms with E-state index in [4.69, 9.17) is 25.8 Å². The summed E-state index contributed by atoms with van der Waals surface area (Å²) in [7, 11) is 0. The fourth-order valence-electron chi connectivity index (χ4n) is 3.60. The maximum atomic E-state index is 13.1. The van der Waals surface area contributed by atoms with Crippen LogP contribution >= 0.6 is 11.6 Å². The average Bonchev–Trinajstić information content (AvgIpc) is 2.84. The van der Waals surface area contributed by atoms with E-state index < -0.39 is 0 Å². The third kappa shape index (κ3) is 6.62. The number of aromatic nitrogens is 1. The topological polar surface area (TPSA) is 60.9 Å². The molecule has 172 valence electrons. The summed E-state index contributed by atoms with van der Waals surface area (Å²) in [5, 5.41) is 0.625. The van der Waals surface area contributed by atoms with Crippen LogP contribution in [0, 0.1) is 0 Å². The second kappa shape index (κ2) is 11.6. The summed E-state index contributed by atoms with van der Waals surface area (Å²) in [6.07, 6.45) is 5.57. The molecule has 4 rings (SSSR count). The van der Waals surface area contributed by atoms with Gasteiger partial charge in [-0.3, -0.25) is 4.79 Å². The molecule has 0 atom stereocenters. The fourth-order valence-corrected chi connectivity index (χ4v) is 3.73. The minimum absolute atomic E-state index is 0.0469. The number of fused-ring (bicyclic) bond motifs is 2. The molecule has 0 unspecified atom stereocenters. The van der Waals surface area contributed by atoms with Crippen molar-refractivity contribution in [3.8, 4) is 23.1 Å². The summed E-state index contributed by atoms with van der Waals surface area (Å²) in [5.74, 6) is 2.28. The van der Waals surface area contributed by atoms with Crippen molar-refractivity contribution in [3.63, 3.8) is 0 Å². The number of pyridine rings is 1. The smallest absolute Gasteiger partial charge is 0.260 e. The van der Waals surface area contributed by atoms with Crippen molar-refractivity contribution < 1.29 is 19.0 Å². The van der Waals surface area contributed by atoms with E-state index in [1.807, 2.05) is 41.3 Å². The zero-order chi connectivity index (χ0) is 22.9. The number of ether oxygens (including phenoxy) is 3. The molecule has 1 aliphatic rings. The lowest BCUT2D eigenvalue weighted by Gasteiger charge is -2.24. The van der Waals surface area contributed by atoms with E-state index in [1.165, 1.54) is 0 Å². The highest BCUT2D eigenvalue weighted by Gasteiger charge is 2.19. The molecule has 0 fully saturated rings. The summed E-state index contributed by atoms with van der Waals surface area (Å²) >= 11 is 5.93. The normalized spacial score (nSPS) is 14.6. The van der Waals surface area contributed by atoms with E-state index in [-0.39, 0.29) is 12.5 Å². The molecule has 0 saturated carbocycles. The van der Waals surface area contributed by atoms with Gasteiger partial charge < -0.3 is 19.1 Å². The molecule has 0 N–H and O–H groups in total. The van der Waals surface area contributed by atoms with Crippen molar-refractivity contribution in [2.75, 3.05) is 19.8 Å². The van der Waals surface area contributed by atoms with E-state index in [1.54, 1.807) is 30.5 Å². The molecule has 6 nitrogen and oxygen atoms in total. The first-order chi connectivity index (χ1) is 16.2. The number of nitrogens with zero attached hydrogens (tertiary/aromatic N) is 2. The largest absolute Gasteiger partial charge is 0.490 e. The highest BCUT2D eigenvalue weighted by Crippen LogP contribution is 2.32. The number of para-hydroxylation sites is 2. The van der Waals surface area contributed by atoms with Gasteiger partial charge in [0.2, 0.25) is 5.88 Å². The van der Waals surface area contributed by atoms with Gasteiger partial charge in [0, 0.05) is 23.3 Å². The van der Waals surface area contributed by atoms with Gasteiger partial charge in [0.1, 0.15) is 5.75 Å². The Labute approximate surface area is 199 Å². The minimum atomic E-state index is -0.0874. The third-order valence-corrected chi connectivity index (χ3v) is 5.63. The molecule has 1 amide bonds. The van der Waals surface area contributed by atoms with Crippen molar-refractivity contribution in [1.82, 2.24) is 9.88 Å².